The van der Waals surface area contributed by atoms with Crippen LogP contribution in [0.4, 0.5) is 0 Å². The summed E-state index contributed by atoms with van der Waals surface area (Å²) >= 11 is 1.78. The quantitative estimate of drug-likeness (QED) is 0.176. The molecule has 0 amide bonds. The number of aromatic nitrogens is 4. The van der Waals surface area contributed by atoms with Gasteiger partial charge in [0.1, 0.15) is 23.3 Å². The van der Waals surface area contributed by atoms with E-state index in [0.29, 0.717) is 33.9 Å². The zero-order valence-electron chi connectivity index (χ0n) is 40.1. The molecule has 5 aromatic heterocycles. The van der Waals surface area contributed by atoms with Crippen LogP contribution in [0.1, 0.15) is 37.5 Å². The van der Waals surface area contributed by atoms with Gasteiger partial charge in [-0.25, -0.2) is 0 Å². The van der Waals surface area contributed by atoms with Crippen LogP contribution in [-0.4, -0.2) is 18.3 Å². The predicted octanol–water partition coefficient (Wildman–Crippen LogP) is 17.5. The lowest BCUT2D eigenvalue weighted by Gasteiger charge is -2.27. The number of nitriles is 2. The van der Waals surface area contributed by atoms with Crippen LogP contribution in [0.5, 0.6) is 0 Å². The summed E-state index contributed by atoms with van der Waals surface area (Å²) in [5, 5.41) is 36.2. The second-order valence-electron chi connectivity index (χ2n) is 20.2. The number of para-hydroxylation sites is 6. The number of thiophene rings is 1. The molecule has 0 atom stereocenters. The second-order valence-corrected chi connectivity index (χ2v) is 21.3. The number of hydrogen-bond acceptors (Lipinski definition) is 3. The van der Waals surface area contributed by atoms with Crippen molar-refractivity contribution in [2.45, 2.75) is 26.2 Å². The maximum absolute atomic E-state index is 12.7. The van der Waals surface area contributed by atoms with Crippen molar-refractivity contribution in [1.29, 1.82) is 10.5 Å². The van der Waals surface area contributed by atoms with Crippen molar-refractivity contribution in [1.82, 2.24) is 18.3 Å². The van der Waals surface area contributed by atoms with Crippen LogP contribution in [0, 0.1) is 22.7 Å². The van der Waals surface area contributed by atoms with Gasteiger partial charge in [0.05, 0.1) is 71.6 Å². The van der Waals surface area contributed by atoms with Crippen molar-refractivity contribution in [2.75, 3.05) is 0 Å². The molecule has 10 aromatic carbocycles. The van der Waals surface area contributed by atoms with Gasteiger partial charge in [-0.1, -0.05) is 166 Å². The summed E-state index contributed by atoms with van der Waals surface area (Å²) in [5.41, 5.74) is 12.1. The molecule has 0 spiro atoms. The van der Waals surface area contributed by atoms with E-state index in [1.54, 1.807) is 11.3 Å². The Morgan fingerprint density at radius 3 is 1.08 bits per heavy atom. The highest BCUT2D eigenvalue weighted by Gasteiger charge is 2.35. The maximum atomic E-state index is 12.7. The van der Waals surface area contributed by atoms with Gasteiger partial charge in [-0.05, 0) is 65.6 Å². The fourth-order valence-electron chi connectivity index (χ4n) is 12.3. The zero-order chi connectivity index (χ0) is 48.9. The van der Waals surface area contributed by atoms with E-state index in [4.69, 9.17) is 0 Å². The van der Waals surface area contributed by atoms with Crippen LogP contribution in [-0.2, 0) is 5.41 Å². The molecule has 0 aliphatic heterocycles. The van der Waals surface area contributed by atoms with Gasteiger partial charge in [0.2, 0.25) is 0 Å². The Labute approximate surface area is 423 Å². The molecule has 0 N–H and O–H groups in total. The minimum atomic E-state index is -0.141. The molecule has 7 heteroatoms. The molecule has 342 valence electrons. The topological polar surface area (TPSA) is 67.3 Å². The SMILES string of the molecule is CC(C)(C)c1ccc2c(c1)c1ccc3c4ccccc4sc3c1n2-c1c(C#N)c(-n2c3ccccc3c3ccccc32)c(-n2c3ccccc3c3ccccc32)c(C#N)c1-n1c2ccccc2c2ccccc21. The highest BCUT2D eigenvalue weighted by molar-refractivity contribution is 7.26. The molecule has 0 saturated carbocycles. The Morgan fingerprint density at radius 1 is 0.342 bits per heavy atom. The van der Waals surface area contributed by atoms with E-state index in [-0.39, 0.29) is 5.41 Å². The van der Waals surface area contributed by atoms with Crippen LogP contribution in [0.15, 0.2) is 200 Å². The van der Waals surface area contributed by atoms with Crippen molar-refractivity contribution < 1.29 is 0 Å². The van der Waals surface area contributed by atoms with Gasteiger partial charge in [-0.15, -0.1) is 11.3 Å². The molecule has 0 aliphatic carbocycles. The number of benzene rings is 10. The molecular weight excluding hydrogens is 909 g/mol. The first-order valence-corrected chi connectivity index (χ1v) is 25.5. The summed E-state index contributed by atoms with van der Waals surface area (Å²) in [6.45, 7) is 6.78. The smallest absolute Gasteiger partial charge is 0.104 e. The first kappa shape index (κ1) is 41.4. The number of nitrogens with zero attached hydrogens (tertiary/aromatic N) is 6. The fraction of sp³-hybridized carbons (Fsp3) is 0.0606. The van der Waals surface area contributed by atoms with Gasteiger partial charge in [0, 0.05) is 58.6 Å². The molecule has 73 heavy (non-hydrogen) atoms. The Bertz CT molecular complexity index is 4830. The zero-order valence-corrected chi connectivity index (χ0v) is 41.0. The lowest BCUT2D eigenvalue weighted by molar-refractivity contribution is 0.591. The highest BCUT2D eigenvalue weighted by atomic mass is 32.1. The van der Waals surface area contributed by atoms with Crippen molar-refractivity contribution in [3.8, 4) is 34.9 Å². The van der Waals surface area contributed by atoms with Gasteiger partial charge in [-0.2, -0.15) is 10.5 Å². The predicted molar refractivity (Wildman–Crippen MR) is 305 cm³/mol. The minimum Gasteiger partial charge on any atom is -0.306 e. The van der Waals surface area contributed by atoms with Gasteiger partial charge in [0.15, 0.2) is 0 Å². The summed E-state index contributed by atoms with van der Waals surface area (Å²) in [6.07, 6.45) is 0. The molecule has 0 fully saturated rings. The van der Waals surface area contributed by atoms with Crippen molar-refractivity contribution in [2.24, 2.45) is 0 Å². The highest BCUT2D eigenvalue weighted by Crippen LogP contribution is 2.51. The number of hydrogen-bond donors (Lipinski definition) is 0. The largest absolute Gasteiger partial charge is 0.306 e. The minimum absolute atomic E-state index is 0.141. The molecule has 6 nitrogen and oxygen atoms in total. The third-order valence-corrected chi connectivity index (χ3v) is 16.6. The Balaban J connectivity index is 1.29. The molecule has 0 aliphatic rings. The van der Waals surface area contributed by atoms with E-state index in [1.807, 2.05) is 0 Å². The first-order chi connectivity index (χ1) is 35.8. The monoisotopic (exact) mass is 950 g/mol. The average molecular weight is 951 g/mol. The Hall–Kier alpha value is -9.40. The first-order valence-electron chi connectivity index (χ1n) is 24.7. The molecule has 5 heterocycles. The average Bonchev–Trinajstić information content (AvgIpc) is 4.23. The third kappa shape index (κ3) is 5.55. The molecule has 15 aromatic rings. The summed E-state index contributed by atoms with van der Waals surface area (Å²) < 4.78 is 11.5. The van der Waals surface area contributed by atoms with Crippen LogP contribution < -0.4 is 0 Å². The molecule has 0 radical (unpaired) electrons. The molecular formula is C66H42N6S. The summed E-state index contributed by atoms with van der Waals surface area (Å²) in [7, 11) is 0. The van der Waals surface area contributed by atoms with E-state index in [9.17, 15) is 10.5 Å². The standard InChI is InChI=1S/C66H42N6S/c1-66(2,3)39-32-35-58-49(36-39)47-33-34-48-46-24-10-17-31-59(46)73-65(48)64(47)72(58)63-51(38-68)61(70-54-27-13-6-20-42(54)43-21-7-14-28-55(43)70)60(69-52-25-11-4-18-40(52)41-19-5-12-26-53(41)69)50(37-67)62(63)71-56-29-15-8-22-44(56)45-23-9-16-30-57(45)71/h4-36H,1-3H3. The summed E-state index contributed by atoms with van der Waals surface area (Å²) in [4.78, 5) is 0. The van der Waals surface area contributed by atoms with Gasteiger partial charge in [-0.3, -0.25) is 0 Å². The fourth-order valence-corrected chi connectivity index (χ4v) is 13.5. The summed E-state index contributed by atoms with van der Waals surface area (Å²) in [5.74, 6) is 0. The van der Waals surface area contributed by atoms with Gasteiger partial charge in [0.25, 0.3) is 0 Å². The van der Waals surface area contributed by atoms with Crippen LogP contribution in [0.25, 0.3) is 130 Å². The second kappa shape index (κ2) is 15.1. The van der Waals surface area contributed by atoms with E-state index in [1.165, 1.54) is 15.6 Å². The van der Waals surface area contributed by atoms with Gasteiger partial charge < -0.3 is 18.3 Å². The third-order valence-electron chi connectivity index (χ3n) is 15.4. The molecule has 0 saturated heterocycles. The Kier molecular flexibility index (Phi) is 8.54. The van der Waals surface area contributed by atoms with Crippen molar-refractivity contribution >= 4 is 119 Å². The normalized spacial score (nSPS) is 12.3. The van der Waals surface area contributed by atoms with E-state index >= 15 is 0 Å². The molecule has 15 rings (SSSR count). The number of fused-ring (bicyclic) bond motifs is 16. The van der Waals surface area contributed by atoms with Crippen molar-refractivity contribution in [3.63, 3.8) is 0 Å². The van der Waals surface area contributed by atoms with Crippen LogP contribution in [0.3, 0.4) is 0 Å². The summed E-state index contributed by atoms with van der Waals surface area (Å²) in [6, 6.07) is 76.8. The maximum Gasteiger partial charge on any atom is 0.104 e. The van der Waals surface area contributed by atoms with E-state index in [0.717, 1.165) is 97.3 Å². The van der Waals surface area contributed by atoms with Crippen molar-refractivity contribution in [3.05, 3.63) is 217 Å². The molecule has 0 unspecified atom stereocenters. The van der Waals surface area contributed by atoms with Crippen LogP contribution in [0.2, 0.25) is 0 Å². The van der Waals surface area contributed by atoms with E-state index in [2.05, 4.69) is 251 Å². The molecule has 0 bridgehead atoms. The van der Waals surface area contributed by atoms with Crippen LogP contribution >= 0.6 is 11.3 Å². The lowest BCUT2D eigenvalue weighted by atomic mass is 9.86. The van der Waals surface area contributed by atoms with Gasteiger partial charge >= 0.3 is 0 Å². The number of rotatable bonds is 4. The van der Waals surface area contributed by atoms with E-state index < -0.39 is 0 Å². The lowest BCUT2D eigenvalue weighted by Crippen LogP contribution is -2.17. The Morgan fingerprint density at radius 2 is 0.685 bits per heavy atom.